The highest BCUT2D eigenvalue weighted by atomic mass is 14.9. The summed E-state index contributed by atoms with van der Waals surface area (Å²) < 4.78 is 0. The Morgan fingerprint density at radius 2 is 2.16 bits per heavy atom. The summed E-state index contributed by atoms with van der Waals surface area (Å²) in [5.74, 6) is 0. The fourth-order valence-corrected chi connectivity index (χ4v) is 2.12. The van der Waals surface area contributed by atoms with E-state index in [-0.39, 0.29) is 6.04 Å². The van der Waals surface area contributed by atoms with Crippen LogP contribution in [0.1, 0.15) is 36.2 Å². The number of aromatic nitrogens is 2. The molecule has 1 unspecified atom stereocenters. The second kappa shape index (κ2) is 7.00. The molecule has 100 valence electrons. The van der Waals surface area contributed by atoms with Gasteiger partial charge < -0.3 is 5.32 Å². The van der Waals surface area contributed by atoms with Crippen molar-refractivity contribution in [1.29, 1.82) is 0 Å². The van der Waals surface area contributed by atoms with Crippen molar-refractivity contribution in [2.24, 2.45) is 0 Å². The Kier molecular flexibility index (Phi) is 5.04. The lowest BCUT2D eigenvalue weighted by Crippen LogP contribution is -2.24. The van der Waals surface area contributed by atoms with Crippen molar-refractivity contribution in [2.45, 2.75) is 32.7 Å². The van der Waals surface area contributed by atoms with Gasteiger partial charge >= 0.3 is 0 Å². The predicted octanol–water partition coefficient (Wildman–Crippen LogP) is 3.07. The molecule has 0 aliphatic heterocycles. The van der Waals surface area contributed by atoms with E-state index >= 15 is 0 Å². The van der Waals surface area contributed by atoms with E-state index in [1.807, 2.05) is 30.7 Å². The van der Waals surface area contributed by atoms with Crippen LogP contribution in [0.15, 0.2) is 42.9 Å². The van der Waals surface area contributed by atoms with Crippen molar-refractivity contribution in [2.75, 3.05) is 6.54 Å². The molecule has 0 aliphatic carbocycles. The second-order valence-corrected chi connectivity index (χ2v) is 4.83. The van der Waals surface area contributed by atoms with E-state index in [1.54, 1.807) is 0 Å². The smallest absolute Gasteiger partial charge is 0.0422 e. The summed E-state index contributed by atoms with van der Waals surface area (Å²) in [5, 5.41) is 3.58. The first-order chi connectivity index (χ1) is 9.29. The molecule has 2 aromatic rings. The van der Waals surface area contributed by atoms with Crippen LogP contribution in [0.25, 0.3) is 0 Å². The first kappa shape index (κ1) is 13.7. The highest BCUT2D eigenvalue weighted by Crippen LogP contribution is 2.17. The Labute approximate surface area is 115 Å². The zero-order valence-corrected chi connectivity index (χ0v) is 11.6. The Morgan fingerprint density at radius 3 is 2.84 bits per heavy atom. The molecular weight excluding hydrogens is 234 g/mol. The third-order valence-electron chi connectivity index (χ3n) is 3.08. The molecule has 0 saturated heterocycles. The van der Waals surface area contributed by atoms with Gasteiger partial charge in [-0.05, 0) is 43.1 Å². The summed E-state index contributed by atoms with van der Waals surface area (Å²) in [4.78, 5) is 8.71. The average Bonchev–Trinajstić information content (AvgIpc) is 2.44. The van der Waals surface area contributed by atoms with Crippen molar-refractivity contribution in [3.8, 4) is 0 Å². The van der Waals surface area contributed by atoms with Gasteiger partial charge in [-0.25, -0.2) is 0 Å². The molecule has 0 amide bonds. The Balaban J connectivity index is 2.16. The van der Waals surface area contributed by atoms with E-state index in [0.29, 0.717) is 0 Å². The van der Waals surface area contributed by atoms with E-state index in [2.05, 4.69) is 41.3 Å². The molecular formula is C16H21N3. The second-order valence-electron chi connectivity index (χ2n) is 4.83. The van der Waals surface area contributed by atoms with Crippen molar-refractivity contribution >= 4 is 0 Å². The van der Waals surface area contributed by atoms with Gasteiger partial charge in [-0.3, -0.25) is 9.97 Å². The molecule has 2 heterocycles. The molecule has 2 rings (SSSR count). The molecule has 3 nitrogen and oxygen atoms in total. The van der Waals surface area contributed by atoms with Crippen LogP contribution < -0.4 is 5.32 Å². The maximum Gasteiger partial charge on any atom is 0.0422 e. The van der Waals surface area contributed by atoms with Gasteiger partial charge in [-0.2, -0.15) is 0 Å². The van der Waals surface area contributed by atoms with Gasteiger partial charge in [0.2, 0.25) is 0 Å². The standard InChI is InChI=1S/C16H21N3/c1-3-7-19-16(10-15-6-4-5-8-18-15)14-9-13(2)11-17-12-14/h4-6,8-9,11-12,16,19H,3,7,10H2,1-2H3. The molecule has 0 saturated carbocycles. The van der Waals surface area contributed by atoms with Gasteiger partial charge in [0.1, 0.15) is 0 Å². The van der Waals surface area contributed by atoms with Crippen LogP contribution in [0, 0.1) is 6.92 Å². The predicted molar refractivity (Wildman–Crippen MR) is 77.9 cm³/mol. The fraction of sp³-hybridized carbons (Fsp3) is 0.375. The van der Waals surface area contributed by atoms with Crippen LogP contribution in [0.5, 0.6) is 0 Å². The summed E-state index contributed by atoms with van der Waals surface area (Å²) in [7, 11) is 0. The number of rotatable bonds is 6. The van der Waals surface area contributed by atoms with Crippen LogP contribution in [0.2, 0.25) is 0 Å². The summed E-state index contributed by atoms with van der Waals surface area (Å²) in [6, 6.07) is 8.54. The normalized spacial score (nSPS) is 12.3. The molecule has 0 spiro atoms. The topological polar surface area (TPSA) is 37.8 Å². The molecule has 0 fully saturated rings. The van der Waals surface area contributed by atoms with E-state index in [0.717, 1.165) is 25.1 Å². The maximum absolute atomic E-state index is 4.41. The fourth-order valence-electron chi connectivity index (χ4n) is 2.12. The quantitative estimate of drug-likeness (QED) is 0.862. The SMILES string of the molecule is CCCNC(Cc1ccccn1)c1cncc(C)c1. The summed E-state index contributed by atoms with van der Waals surface area (Å²) in [6.07, 6.45) is 7.70. The number of hydrogen-bond donors (Lipinski definition) is 1. The Bertz CT molecular complexity index is 496. The molecule has 0 bridgehead atoms. The Hall–Kier alpha value is -1.74. The van der Waals surface area contributed by atoms with Crippen LogP contribution in [-0.2, 0) is 6.42 Å². The van der Waals surface area contributed by atoms with Crippen LogP contribution in [0.4, 0.5) is 0 Å². The third-order valence-corrected chi connectivity index (χ3v) is 3.08. The minimum atomic E-state index is 0.280. The first-order valence-electron chi connectivity index (χ1n) is 6.84. The summed E-state index contributed by atoms with van der Waals surface area (Å²) in [5.41, 5.74) is 3.54. The van der Waals surface area contributed by atoms with Crippen molar-refractivity contribution in [3.05, 3.63) is 59.7 Å². The lowest BCUT2D eigenvalue weighted by molar-refractivity contribution is 0.523. The minimum Gasteiger partial charge on any atom is -0.310 e. The molecule has 2 aromatic heterocycles. The van der Waals surface area contributed by atoms with E-state index in [4.69, 9.17) is 0 Å². The van der Waals surface area contributed by atoms with Gasteiger partial charge in [0.05, 0.1) is 0 Å². The lowest BCUT2D eigenvalue weighted by atomic mass is 10.0. The third kappa shape index (κ3) is 4.14. The van der Waals surface area contributed by atoms with Crippen molar-refractivity contribution in [1.82, 2.24) is 15.3 Å². The van der Waals surface area contributed by atoms with Crippen molar-refractivity contribution < 1.29 is 0 Å². The van der Waals surface area contributed by atoms with E-state index in [1.165, 1.54) is 11.1 Å². The number of hydrogen-bond acceptors (Lipinski definition) is 3. The molecule has 3 heteroatoms. The van der Waals surface area contributed by atoms with Gasteiger partial charge in [-0.1, -0.05) is 19.1 Å². The van der Waals surface area contributed by atoms with Crippen molar-refractivity contribution in [3.63, 3.8) is 0 Å². The summed E-state index contributed by atoms with van der Waals surface area (Å²) in [6.45, 7) is 5.26. The molecule has 1 atom stereocenters. The van der Waals surface area contributed by atoms with Crippen LogP contribution >= 0.6 is 0 Å². The Morgan fingerprint density at radius 1 is 1.26 bits per heavy atom. The minimum absolute atomic E-state index is 0.280. The van der Waals surface area contributed by atoms with Gasteiger partial charge in [-0.15, -0.1) is 0 Å². The van der Waals surface area contributed by atoms with Crippen LogP contribution in [-0.4, -0.2) is 16.5 Å². The molecule has 0 aliphatic rings. The maximum atomic E-state index is 4.41. The van der Waals surface area contributed by atoms with E-state index < -0.39 is 0 Å². The zero-order valence-electron chi connectivity index (χ0n) is 11.6. The number of nitrogens with zero attached hydrogens (tertiary/aromatic N) is 2. The van der Waals surface area contributed by atoms with Gasteiger partial charge in [0, 0.05) is 36.7 Å². The molecule has 0 radical (unpaired) electrons. The summed E-state index contributed by atoms with van der Waals surface area (Å²) >= 11 is 0. The highest BCUT2D eigenvalue weighted by Gasteiger charge is 2.12. The first-order valence-corrected chi connectivity index (χ1v) is 6.84. The number of nitrogens with one attached hydrogen (secondary N) is 1. The largest absolute Gasteiger partial charge is 0.310 e. The number of aryl methyl sites for hydroxylation is 1. The number of pyridine rings is 2. The molecule has 19 heavy (non-hydrogen) atoms. The zero-order chi connectivity index (χ0) is 13.5. The highest BCUT2D eigenvalue weighted by molar-refractivity contribution is 5.22. The molecule has 1 N–H and O–H groups in total. The van der Waals surface area contributed by atoms with Crippen LogP contribution in [0.3, 0.4) is 0 Å². The van der Waals surface area contributed by atoms with Gasteiger partial charge in [0.25, 0.3) is 0 Å². The molecule has 0 aromatic carbocycles. The lowest BCUT2D eigenvalue weighted by Gasteiger charge is -2.18. The van der Waals surface area contributed by atoms with E-state index in [9.17, 15) is 0 Å². The van der Waals surface area contributed by atoms with Gasteiger partial charge in [0.15, 0.2) is 0 Å². The average molecular weight is 255 g/mol. The monoisotopic (exact) mass is 255 g/mol.